The minimum atomic E-state index is -0.975. The number of aliphatic hydroxyl groups is 1. The minimum absolute atomic E-state index is 0.139. The van der Waals surface area contributed by atoms with E-state index in [-0.39, 0.29) is 18.2 Å². The van der Waals surface area contributed by atoms with E-state index in [1.807, 2.05) is 0 Å². The molecule has 2 aromatic carbocycles. The van der Waals surface area contributed by atoms with E-state index in [0.717, 1.165) is 0 Å². The predicted molar refractivity (Wildman–Crippen MR) is 74.3 cm³/mol. The smallest absolute Gasteiger partial charge is 0.126 e. The monoisotopic (exact) mass is 277 g/mol. The second kappa shape index (κ2) is 6.11. The molecule has 2 unspecified atom stereocenters. The van der Waals surface area contributed by atoms with Crippen molar-refractivity contribution in [3.8, 4) is 0 Å². The maximum Gasteiger partial charge on any atom is 0.126 e. The molecule has 2 nitrogen and oxygen atoms in total. The first-order chi connectivity index (χ1) is 9.52. The number of aliphatic hydroxyl groups excluding tert-OH is 1. The van der Waals surface area contributed by atoms with Crippen LogP contribution >= 0.6 is 0 Å². The summed E-state index contributed by atoms with van der Waals surface area (Å²) in [6.45, 7) is 1.79. The zero-order valence-corrected chi connectivity index (χ0v) is 11.2. The molecule has 2 rings (SSSR count). The molecule has 0 aromatic heterocycles. The molecular weight excluding hydrogens is 260 g/mol. The first-order valence-corrected chi connectivity index (χ1v) is 6.42. The molecule has 0 aliphatic carbocycles. The lowest BCUT2D eigenvalue weighted by Crippen LogP contribution is -2.20. The number of hydrogen-bond donors (Lipinski definition) is 2. The highest BCUT2D eigenvalue weighted by Gasteiger charge is 2.22. The van der Waals surface area contributed by atoms with Gasteiger partial charge in [-0.1, -0.05) is 24.3 Å². The van der Waals surface area contributed by atoms with Crippen LogP contribution < -0.4 is 5.73 Å². The van der Waals surface area contributed by atoms with Crippen LogP contribution in [0.4, 0.5) is 8.78 Å². The van der Waals surface area contributed by atoms with Gasteiger partial charge in [0.25, 0.3) is 0 Å². The molecule has 0 aliphatic heterocycles. The van der Waals surface area contributed by atoms with E-state index >= 15 is 0 Å². The van der Waals surface area contributed by atoms with Crippen LogP contribution in [0.15, 0.2) is 42.5 Å². The van der Waals surface area contributed by atoms with Crippen LogP contribution in [0.2, 0.25) is 0 Å². The zero-order valence-electron chi connectivity index (χ0n) is 11.2. The van der Waals surface area contributed by atoms with E-state index < -0.39 is 12.0 Å². The van der Waals surface area contributed by atoms with E-state index in [2.05, 4.69) is 0 Å². The van der Waals surface area contributed by atoms with Crippen molar-refractivity contribution in [1.82, 2.24) is 0 Å². The van der Waals surface area contributed by atoms with Gasteiger partial charge >= 0.3 is 0 Å². The number of hydrogen-bond acceptors (Lipinski definition) is 2. The summed E-state index contributed by atoms with van der Waals surface area (Å²) in [5, 5.41) is 10.4. The van der Waals surface area contributed by atoms with Crippen LogP contribution in [0.5, 0.6) is 0 Å². The van der Waals surface area contributed by atoms with E-state index in [9.17, 15) is 13.9 Å². The SMILES string of the molecule is Cc1ccc(C(O)C(CN)c2cccc(F)c2)cc1F. The van der Waals surface area contributed by atoms with Gasteiger partial charge in [-0.15, -0.1) is 0 Å². The zero-order chi connectivity index (χ0) is 14.7. The molecular formula is C16H17F2NO. The van der Waals surface area contributed by atoms with E-state index in [4.69, 9.17) is 5.73 Å². The maximum atomic E-state index is 13.6. The first kappa shape index (κ1) is 14.6. The fourth-order valence-electron chi connectivity index (χ4n) is 2.21. The van der Waals surface area contributed by atoms with Gasteiger partial charge in [0.2, 0.25) is 0 Å². The third kappa shape index (κ3) is 3.03. The van der Waals surface area contributed by atoms with Crippen LogP contribution in [0.1, 0.15) is 28.7 Å². The lowest BCUT2D eigenvalue weighted by Gasteiger charge is -2.22. The summed E-state index contributed by atoms with van der Waals surface area (Å²) in [5.41, 5.74) is 7.23. The highest BCUT2D eigenvalue weighted by Crippen LogP contribution is 2.31. The standard InChI is InChI=1S/C16H17F2NO/c1-10-5-6-12(8-15(10)18)16(20)14(9-19)11-3-2-4-13(17)7-11/h2-8,14,16,20H,9,19H2,1H3. The quantitative estimate of drug-likeness (QED) is 0.902. The van der Waals surface area contributed by atoms with Gasteiger partial charge in [-0.05, 0) is 41.8 Å². The summed E-state index contributed by atoms with van der Waals surface area (Å²) in [5.74, 6) is -1.24. The average Bonchev–Trinajstić information content (AvgIpc) is 2.42. The van der Waals surface area contributed by atoms with Crippen LogP contribution in [-0.4, -0.2) is 11.7 Å². The Kier molecular flexibility index (Phi) is 4.47. The van der Waals surface area contributed by atoms with Crippen LogP contribution in [0.3, 0.4) is 0 Å². The molecule has 0 heterocycles. The number of halogens is 2. The summed E-state index contributed by atoms with van der Waals surface area (Å²) in [4.78, 5) is 0. The molecule has 2 aromatic rings. The lowest BCUT2D eigenvalue weighted by atomic mass is 9.89. The number of rotatable bonds is 4. The molecule has 0 amide bonds. The van der Waals surface area contributed by atoms with Crippen molar-refractivity contribution in [3.63, 3.8) is 0 Å². The molecule has 0 saturated carbocycles. The lowest BCUT2D eigenvalue weighted by molar-refractivity contribution is 0.147. The van der Waals surface area contributed by atoms with Crippen LogP contribution in [0, 0.1) is 18.6 Å². The van der Waals surface area contributed by atoms with E-state index in [1.54, 1.807) is 31.2 Å². The Balaban J connectivity index is 2.33. The van der Waals surface area contributed by atoms with Gasteiger partial charge in [0.05, 0.1) is 6.10 Å². The molecule has 0 spiro atoms. The van der Waals surface area contributed by atoms with Gasteiger partial charge in [0.15, 0.2) is 0 Å². The highest BCUT2D eigenvalue weighted by atomic mass is 19.1. The molecule has 0 saturated heterocycles. The van der Waals surface area contributed by atoms with Crippen molar-refractivity contribution >= 4 is 0 Å². The molecule has 0 radical (unpaired) electrons. The van der Waals surface area contributed by atoms with Gasteiger partial charge in [-0.2, -0.15) is 0 Å². The Morgan fingerprint density at radius 3 is 2.45 bits per heavy atom. The summed E-state index contributed by atoms with van der Waals surface area (Å²) < 4.78 is 26.8. The van der Waals surface area contributed by atoms with Gasteiger partial charge in [-0.25, -0.2) is 8.78 Å². The van der Waals surface area contributed by atoms with Crippen molar-refractivity contribution in [2.75, 3.05) is 6.54 Å². The minimum Gasteiger partial charge on any atom is -0.388 e. The molecule has 4 heteroatoms. The number of benzene rings is 2. The number of nitrogens with two attached hydrogens (primary N) is 1. The van der Waals surface area contributed by atoms with Gasteiger partial charge in [0.1, 0.15) is 11.6 Å². The largest absolute Gasteiger partial charge is 0.388 e. The molecule has 106 valence electrons. The fraction of sp³-hybridized carbons (Fsp3) is 0.250. The summed E-state index contributed by atoms with van der Waals surface area (Å²) >= 11 is 0. The second-order valence-electron chi connectivity index (χ2n) is 4.85. The topological polar surface area (TPSA) is 46.2 Å². The molecule has 0 fully saturated rings. The third-order valence-electron chi connectivity index (χ3n) is 3.45. The van der Waals surface area contributed by atoms with E-state index in [1.165, 1.54) is 18.2 Å². The molecule has 20 heavy (non-hydrogen) atoms. The van der Waals surface area contributed by atoms with Crippen molar-refractivity contribution < 1.29 is 13.9 Å². The van der Waals surface area contributed by atoms with Crippen molar-refractivity contribution in [1.29, 1.82) is 0 Å². The predicted octanol–water partition coefficient (Wildman–Crippen LogP) is 3.05. The Morgan fingerprint density at radius 1 is 1.10 bits per heavy atom. The van der Waals surface area contributed by atoms with Crippen LogP contribution in [0.25, 0.3) is 0 Å². The van der Waals surface area contributed by atoms with Crippen molar-refractivity contribution in [2.45, 2.75) is 18.9 Å². The Hall–Kier alpha value is -1.78. The second-order valence-corrected chi connectivity index (χ2v) is 4.85. The Morgan fingerprint density at radius 2 is 1.85 bits per heavy atom. The molecule has 0 bridgehead atoms. The Bertz CT molecular complexity index is 601. The van der Waals surface area contributed by atoms with Gasteiger partial charge in [0, 0.05) is 12.5 Å². The first-order valence-electron chi connectivity index (χ1n) is 6.42. The number of aryl methyl sites for hydroxylation is 1. The highest BCUT2D eigenvalue weighted by molar-refractivity contribution is 5.30. The molecule has 3 N–H and O–H groups in total. The summed E-state index contributed by atoms with van der Waals surface area (Å²) in [6, 6.07) is 10.5. The van der Waals surface area contributed by atoms with Crippen molar-refractivity contribution in [2.24, 2.45) is 5.73 Å². The van der Waals surface area contributed by atoms with Gasteiger partial charge in [-0.3, -0.25) is 0 Å². The van der Waals surface area contributed by atoms with E-state index in [0.29, 0.717) is 16.7 Å². The normalized spacial score (nSPS) is 14.1. The summed E-state index contributed by atoms with van der Waals surface area (Å²) in [7, 11) is 0. The summed E-state index contributed by atoms with van der Waals surface area (Å²) in [6.07, 6.45) is -0.975. The van der Waals surface area contributed by atoms with Gasteiger partial charge < -0.3 is 10.8 Å². The fourth-order valence-corrected chi connectivity index (χ4v) is 2.21. The maximum absolute atomic E-state index is 13.6. The molecule has 0 aliphatic rings. The third-order valence-corrected chi connectivity index (χ3v) is 3.45. The van der Waals surface area contributed by atoms with Crippen molar-refractivity contribution in [3.05, 3.63) is 70.8 Å². The average molecular weight is 277 g/mol. The Labute approximate surface area is 116 Å². The van der Waals surface area contributed by atoms with Crippen LogP contribution in [-0.2, 0) is 0 Å². The molecule has 2 atom stereocenters.